The van der Waals surface area contributed by atoms with Crippen molar-refractivity contribution in [2.24, 2.45) is 0 Å². The van der Waals surface area contributed by atoms with Gasteiger partial charge in [-0.15, -0.1) is 11.6 Å². The molecule has 17 heavy (non-hydrogen) atoms. The summed E-state index contributed by atoms with van der Waals surface area (Å²) < 4.78 is 2.16. The van der Waals surface area contributed by atoms with Crippen molar-refractivity contribution in [3.05, 3.63) is 23.7 Å². The van der Waals surface area contributed by atoms with Gasteiger partial charge in [0.15, 0.2) is 5.65 Å². The predicted molar refractivity (Wildman–Crippen MR) is 71.3 cm³/mol. The zero-order chi connectivity index (χ0) is 12.3. The lowest BCUT2D eigenvalue weighted by molar-refractivity contribution is 0.597. The second kappa shape index (κ2) is 5.50. The topological polar surface area (TPSA) is 30.7 Å². The van der Waals surface area contributed by atoms with Crippen LogP contribution in [0, 0.1) is 6.92 Å². The molecule has 0 aliphatic rings. The second-order valence-corrected chi connectivity index (χ2v) is 4.59. The number of hydrogen-bond donors (Lipinski definition) is 0. The normalized spacial score (nSPS) is 11.2. The van der Waals surface area contributed by atoms with Gasteiger partial charge >= 0.3 is 0 Å². The summed E-state index contributed by atoms with van der Waals surface area (Å²) in [6.07, 6.45) is 5.44. The Morgan fingerprint density at radius 3 is 2.88 bits per heavy atom. The molecule has 0 amide bonds. The number of halogens is 1. The number of imidazole rings is 1. The highest BCUT2D eigenvalue weighted by Gasteiger charge is 2.11. The van der Waals surface area contributed by atoms with E-state index in [0.29, 0.717) is 5.88 Å². The van der Waals surface area contributed by atoms with E-state index in [9.17, 15) is 0 Å². The summed E-state index contributed by atoms with van der Waals surface area (Å²) >= 11 is 5.96. The molecule has 92 valence electrons. The molecule has 0 radical (unpaired) electrons. The molecule has 3 nitrogen and oxygen atoms in total. The van der Waals surface area contributed by atoms with Gasteiger partial charge in [-0.05, 0) is 25.0 Å². The quantitative estimate of drug-likeness (QED) is 0.600. The SMILES string of the molecule is CCCCCn1c(CCl)nc2c(C)ccnc21. The van der Waals surface area contributed by atoms with Crippen LogP contribution in [0.3, 0.4) is 0 Å². The van der Waals surface area contributed by atoms with Crippen LogP contribution in [-0.2, 0) is 12.4 Å². The molecular formula is C13H18ClN3. The van der Waals surface area contributed by atoms with Crippen molar-refractivity contribution in [3.63, 3.8) is 0 Å². The van der Waals surface area contributed by atoms with Crippen LogP contribution >= 0.6 is 11.6 Å². The number of hydrogen-bond acceptors (Lipinski definition) is 2. The maximum absolute atomic E-state index is 5.96. The Morgan fingerprint density at radius 2 is 2.18 bits per heavy atom. The fourth-order valence-corrected chi connectivity index (χ4v) is 2.24. The summed E-state index contributed by atoms with van der Waals surface area (Å²) in [6, 6.07) is 1.99. The maximum Gasteiger partial charge on any atom is 0.160 e. The molecular weight excluding hydrogens is 234 g/mol. The van der Waals surface area contributed by atoms with Crippen LogP contribution in [-0.4, -0.2) is 14.5 Å². The van der Waals surface area contributed by atoms with Crippen molar-refractivity contribution in [2.45, 2.75) is 45.5 Å². The fourth-order valence-electron chi connectivity index (χ4n) is 2.04. The van der Waals surface area contributed by atoms with E-state index in [1.807, 2.05) is 12.3 Å². The Kier molecular flexibility index (Phi) is 4.00. The summed E-state index contributed by atoms with van der Waals surface area (Å²) in [4.78, 5) is 9.01. The maximum atomic E-state index is 5.96. The van der Waals surface area contributed by atoms with Crippen LogP contribution in [0.1, 0.15) is 37.6 Å². The van der Waals surface area contributed by atoms with Crippen molar-refractivity contribution >= 4 is 22.8 Å². The number of fused-ring (bicyclic) bond motifs is 1. The molecule has 0 atom stereocenters. The number of aryl methyl sites for hydroxylation is 2. The molecule has 0 N–H and O–H groups in total. The molecule has 0 saturated heterocycles. The van der Waals surface area contributed by atoms with Crippen LogP contribution in [0.15, 0.2) is 12.3 Å². The third-order valence-corrected chi connectivity index (χ3v) is 3.26. The van der Waals surface area contributed by atoms with Gasteiger partial charge < -0.3 is 4.57 Å². The first-order valence-electron chi connectivity index (χ1n) is 6.14. The van der Waals surface area contributed by atoms with E-state index in [1.165, 1.54) is 12.8 Å². The Labute approximate surface area is 107 Å². The Morgan fingerprint density at radius 1 is 1.35 bits per heavy atom. The van der Waals surface area contributed by atoms with Gasteiger partial charge in [0, 0.05) is 12.7 Å². The van der Waals surface area contributed by atoms with E-state index in [-0.39, 0.29) is 0 Å². The number of aromatic nitrogens is 3. The molecule has 0 saturated carbocycles. The third-order valence-electron chi connectivity index (χ3n) is 3.02. The zero-order valence-corrected chi connectivity index (χ0v) is 11.2. The summed E-state index contributed by atoms with van der Waals surface area (Å²) in [5.74, 6) is 1.38. The minimum absolute atomic E-state index is 0.446. The molecule has 0 aliphatic carbocycles. The Balaban J connectivity index is 2.40. The number of unbranched alkanes of at least 4 members (excludes halogenated alkanes) is 2. The monoisotopic (exact) mass is 251 g/mol. The molecule has 2 heterocycles. The van der Waals surface area contributed by atoms with Gasteiger partial charge in [-0.1, -0.05) is 19.8 Å². The average Bonchev–Trinajstić information content (AvgIpc) is 2.70. The van der Waals surface area contributed by atoms with Gasteiger partial charge in [-0.2, -0.15) is 0 Å². The lowest BCUT2D eigenvalue weighted by atomic mass is 10.2. The van der Waals surface area contributed by atoms with Gasteiger partial charge in [0.1, 0.15) is 11.3 Å². The minimum atomic E-state index is 0.446. The smallest absolute Gasteiger partial charge is 0.160 e. The zero-order valence-electron chi connectivity index (χ0n) is 10.4. The van der Waals surface area contributed by atoms with Crippen LogP contribution in [0.5, 0.6) is 0 Å². The van der Waals surface area contributed by atoms with Crippen molar-refractivity contribution in [1.29, 1.82) is 0 Å². The largest absolute Gasteiger partial charge is 0.312 e. The summed E-state index contributed by atoms with van der Waals surface area (Å²) in [5, 5.41) is 0. The highest BCUT2D eigenvalue weighted by atomic mass is 35.5. The molecule has 0 fully saturated rings. The standard InChI is InChI=1S/C13H18ClN3/c1-3-4-5-8-17-11(9-14)16-12-10(2)6-7-15-13(12)17/h6-7H,3-5,8-9H2,1-2H3. The van der Waals surface area contributed by atoms with E-state index in [1.54, 1.807) is 0 Å². The van der Waals surface area contributed by atoms with Crippen LogP contribution in [0.2, 0.25) is 0 Å². The molecule has 2 aromatic heterocycles. The van der Waals surface area contributed by atoms with Crippen LogP contribution in [0.25, 0.3) is 11.2 Å². The van der Waals surface area contributed by atoms with Crippen LogP contribution < -0.4 is 0 Å². The molecule has 0 spiro atoms. The van der Waals surface area contributed by atoms with Crippen molar-refractivity contribution in [2.75, 3.05) is 0 Å². The first-order valence-corrected chi connectivity index (χ1v) is 6.68. The number of pyridine rings is 1. The first-order chi connectivity index (χ1) is 8.27. The number of nitrogens with zero attached hydrogens (tertiary/aromatic N) is 3. The second-order valence-electron chi connectivity index (χ2n) is 4.32. The predicted octanol–water partition coefficient (Wildman–Crippen LogP) is 3.67. The van der Waals surface area contributed by atoms with E-state index < -0.39 is 0 Å². The summed E-state index contributed by atoms with van der Waals surface area (Å²) in [5.41, 5.74) is 3.12. The molecule has 2 rings (SSSR count). The lowest BCUT2D eigenvalue weighted by Gasteiger charge is -2.06. The lowest BCUT2D eigenvalue weighted by Crippen LogP contribution is -2.03. The van der Waals surface area contributed by atoms with Gasteiger partial charge in [-0.3, -0.25) is 0 Å². The van der Waals surface area contributed by atoms with Gasteiger partial charge in [0.25, 0.3) is 0 Å². The van der Waals surface area contributed by atoms with E-state index in [0.717, 1.165) is 35.5 Å². The summed E-state index contributed by atoms with van der Waals surface area (Å²) in [7, 11) is 0. The third kappa shape index (κ3) is 2.44. The molecule has 0 aromatic carbocycles. The Hall–Kier alpha value is -1.09. The molecule has 2 aromatic rings. The fraction of sp³-hybridized carbons (Fsp3) is 0.538. The van der Waals surface area contributed by atoms with E-state index in [2.05, 4.69) is 28.4 Å². The van der Waals surface area contributed by atoms with Gasteiger partial charge in [0.2, 0.25) is 0 Å². The molecule has 0 bridgehead atoms. The van der Waals surface area contributed by atoms with Crippen LogP contribution in [0.4, 0.5) is 0 Å². The average molecular weight is 252 g/mol. The number of rotatable bonds is 5. The van der Waals surface area contributed by atoms with E-state index in [4.69, 9.17) is 11.6 Å². The van der Waals surface area contributed by atoms with Gasteiger partial charge in [0.05, 0.1) is 5.88 Å². The van der Waals surface area contributed by atoms with Crippen molar-refractivity contribution in [1.82, 2.24) is 14.5 Å². The van der Waals surface area contributed by atoms with Crippen molar-refractivity contribution in [3.8, 4) is 0 Å². The highest BCUT2D eigenvalue weighted by Crippen LogP contribution is 2.19. The molecule has 4 heteroatoms. The highest BCUT2D eigenvalue weighted by molar-refractivity contribution is 6.16. The molecule has 0 unspecified atom stereocenters. The summed E-state index contributed by atoms with van der Waals surface area (Å²) in [6.45, 7) is 5.23. The molecule has 0 aliphatic heterocycles. The van der Waals surface area contributed by atoms with Crippen molar-refractivity contribution < 1.29 is 0 Å². The Bertz CT molecular complexity index is 505. The van der Waals surface area contributed by atoms with E-state index >= 15 is 0 Å². The number of alkyl halides is 1. The first kappa shape index (κ1) is 12.4. The minimum Gasteiger partial charge on any atom is -0.312 e. The van der Waals surface area contributed by atoms with Gasteiger partial charge in [-0.25, -0.2) is 9.97 Å².